The van der Waals surface area contributed by atoms with Gasteiger partial charge in [0.25, 0.3) is 0 Å². The minimum absolute atomic E-state index is 0.00977. The van der Waals surface area contributed by atoms with Crippen LogP contribution < -0.4 is 26.4 Å². The molecule has 3 nitrogen and oxygen atoms in total. The normalized spacial score (nSPS) is 13.3. The number of ketones is 2. The molecule has 0 fully saturated rings. The highest BCUT2D eigenvalue weighted by molar-refractivity contribution is 7.20. The smallest absolute Gasteiger partial charge is 0.288 e. The van der Waals surface area contributed by atoms with E-state index in [1.807, 2.05) is 48.5 Å². The summed E-state index contributed by atoms with van der Waals surface area (Å²) in [6.45, 7) is 1.67. The Labute approximate surface area is 427 Å². The van der Waals surface area contributed by atoms with Crippen molar-refractivity contribution in [3.63, 3.8) is 0 Å². The van der Waals surface area contributed by atoms with Crippen LogP contribution in [-0.4, -0.2) is 17.7 Å². The highest BCUT2D eigenvalue weighted by Gasteiger charge is 2.47. The average molecular weight is 1150 g/mol. The molecular formula is C51H28BF24NO2. The molecule has 0 unspecified atom stereocenters. The summed E-state index contributed by atoms with van der Waals surface area (Å²) < 4.78 is 343. The Balaban J connectivity index is 0.000000378. The van der Waals surface area contributed by atoms with Gasteiger partial charge in [-0.25, -0.2) is 0 Å². The molecule has 7 aromatic rings. The molecule has 0 aliphatic heterocycles. The highest BCUT2D eigenvalue weighted by atomic mass is 19.4. The predicted octanol–water partition coefficient (Wildman–Crippen LogP) is 14.4. The van der Waals surface area contributed by atoms with E-state index in [2.05, 4.69) is 0 Å². The minimum atomic E-state index is -6.13. The van der Waals surface area contributed by atoms with E-state index in [1.54, 1.807) is 22.8 Å². The van der Waals surface area contributed by atoms with E-state index in [1.165, 1.54) is 6.92 Å². The van der Waals surface area contributed by atoms with Gasteiger partial charge in [0.05, 0.1) is 44.5 Å². The van der Waals surface area contributed by atoms with Crippen LogP contribution in [0, 0.1) is 0 Å². The first-order valence-electron chi connectivity index (χ1n) is 21.8. The lowest BCUT2D eigenvalue weighted by atomic mass is 9.12. The summed E-state index contributed by atoms with van der Waals surface area (Å²) in [5, 5.41) is 1.01. The number of rotatable bonds is 8. The first-order valence-corrected chi connectivity index (χ1v) is 21.8. The second kappa shape index (κ2) is 20.9. The Morgan fingerprint density at radius 3 is 0.886 bits per heavy atom. The number of pyridine rings is 1. The topological polar surface area (TPSA) is 38.0 Å². The number of nitrogens with zero attached hydrogens (tertiary/aromatic N) is 1. The third kappa shape index (κ3) is 13.5. The zero-order chi connectivity index (χ0) is 59.4. The molecule has 79 heavy (non-hydrogen) atoms. The number of alkyl halides is 24. The molecular weight excluding hydrogens is 1130 g/mol. The third-order valence-corrected chi connectivity index (χ3v) is 12.1. The number of fused-ring (bicyclic) bond motifs is 1. The number of benzene rings is 6. The van der Waals surface area contributed by atoms with Crippen molar-refractivity contribution in [3.05, 3.63) is 195 Å². The molecule has 0 saturated heterocycles. The number of carbonyl (C=O) groups excluding carboxylic acids is 2. The van der Waals surface area contributed by atoms with E-state index in [-0.39, 0.29) is 18.1 Å². The monoisotopic (exact) mass is 1150 g/mol. The van der Waals surface area contributed by atoms with Crippen LogP contribution in [0.2, 0.25) is 0 Å². The van der Waals surface area contributed by atoms with Crippen LogP contribution in [0.5, 0.6) is 0 Å². The van der Waals surface area contributed by atoms with Crippen LogP contribution in [0.4, 0.5) is 105 Å². The molecule has 0 aliphatic carbocycles. The molecule has 0 saturated carbocycles. The number of aromatic nitrogens is 1. The van der Waals surface area contributed by atoms with Crippen LogP contribution in [0.15, 0.2) is 140 Å². The van der Waals surface area contributed by atoms with Gasteiger partial charge in [-0.2, -0.15) is 132 Å². The largest absolute Gasteiger partial charge is 0.416 e. The van der Waals surface area contributed by atoms with Crippen LogP contribution in [-0.2, 0) is 56.0 Å². The molecule has 6 aromatic carbocycles. The molecule has 0 N–H and O–H groups in total. The lowest BCUT2D eigenvalue weighted by Gasteiger charge is -2.46. The Kier molecular flexibility index (Phi) is 16.1. The summed E-state index contributed by atoms with van der Waals surface area (Å²) in [6, 6.07) is 11.8. The number of para-hydroxylation sites is 1. The van der Waals surface area contributed by atoms with E-state index >= 15 is 0 Å². The SMILES string of the molecule is CC(=O)c1ccc2ccccc2[n+]1CC(=O)c1ccccc1.FC(F)(F)c1cc([B-](c2cc(C(F)(F)F)cc(C(F)(F)F)c2)(c2cc(C(F)(F)F)cc(C(F)(F)F)c2)c2cc(C(F)(F)F)cc(C(F)(F)F)c2)cc(C(F)(F)F)c1. The van der Waals surface area contributed by atoms with Gasteiger partial charge in [0, 0.05) is 30.0 Å². The van der Waals surface area contributed by atoms with Crippen molar-refractivity contribution in [3.8, 4) is 0 Å². The maximum absolute atomic E-state index is 14.2. The molecule has 0 aliphatic rings. The zero-order valence-electron chi connectivity index (χ0n) is 38.9. The van der Waals surface area contributed by atoms with Gasteiger partial charge in [0.1, 0.15) is 6.15 Å². The molecule has 0 atom stereocenters. The molecule has 420 valence electrons. The van der Waals surface area contributed by atoms with Gasteiger partial charge in [0.2, 0.25) is 29.3 Å². The van der Waals surface area contributed by atoms with Gasteiger partial charge in [0.15, 0.2) is 0 Å². The van der Waals surface area contributed by atoms with Crippen LogP contribution >= 0.6 is 0 Å². The molecule has 0 radical (unpaired) electrons. The quantitative estimate of drug-likeness (QED) is 0.0658. The summed E-state index contributed by atoms with van der Waals surface area (Å²) in [5.41, 5.74) is -28.1. The molecule has 7 rings (SSSR count). The summed E-state index contributed by atoms with van der Waals surface area (Å²) >= 11 is 0. The van der Waals surface area contributed by atoms with Crippen LogP contribution in [0.3, 0.4) is 0 Å². The van der Waals surface area contributed by atoms with E-state index in [0.29, 0.717) is 11.3 Å². The molecule has 1 heterocycles. The van der Waals surface area contributed by atoms with Gasteiger partial charge < -0.3 is 0 Å². The molecule has 28 heteroatoms. The number of hydrogen-bond donors (Lipinski definition) is 0. The van der Waals surface area contributed by atoms with Crippen molar-refractivity contribution in [2.45, 2.75) is 62.9 Å². The molecule has 0 spiro atoms. The molecule has 1 aromatic heterocycles. The van der Waals surface area contributed by atoms with Crippen molar-refractivity contribution in [1.29, 1.82) is 0 Å². The van der Waals surface area contributed by atoms with Crippen molar-refractivity contribution >= 4 is 50.5 Å². The number of halogens is 24. The fourth-order valence-corrected chi connectivity index (χ4v) is 8.67. The number of carbonyl (C=O) groups is 2. The zero-order valence-corrected chi connectivity index (χ0v) is 38.9. The maximum atomic E-state index is 14.2. The Morgan fingerprint density at radius 1 is 0.354 bits per heavy atom. The third-order valence-electron chi connectivity index (χ3n) is 12.1. The lowest BCUT2D eigenvalue weighted by molar-refractivity contribution is -0.659. The fourth-order valence-electron chi connectivity index (χ4n) is 8.67. The summed E-state index contributed by atoms with van der Waals surface area (Å²) in [6.07, 6.45) is -54.8. The lowest BCUT2D eigenvalue weighted by Crippen LogP contribution is -2.75. The Hall–Kier alpha value is -7.55. The van der Waals surface area contributed by atoms with Gasteiger partial charge >= 0.3 is 49.4 Å². The van der Waals surface area contributed by atoms with Crippen molar-refractivity contribution < 1.29 is 120 Å². The highest BCUT2D eigenvalue weighted by Crippen LogP contribution is 2.41. The van der Waals surface area contributed by atoms with Gasteiger partial charge in [-0.1, -0.05) is 91.0 Å². The van der Waals surface area contributed by atoms with Gasteiger partial charge in [-0.05, 0) is 36.4 Å². The van der Waals surface area contributed by atoms with Crippen molar-refractivity contribution in [2.24, 2.45) is 0 Å². The summed E-state index contributed by atoms with van der Waals surface area (Å²) in [5.74, 6) is -0.0592. The van der Waals surface area contributed by atoms with E-state index in [9.17, 15) is 115 Å². The minimum Gasteiger partial charge on any atom is -0.288 e. The van der Waals surface area contributed by atoms with E-state index in [0.717, 1.165) is 10.9 Å². The first-order chi connectivity index (χ1) is 35.9. The van der Waals surface area contributed by atoms with Crippen molar-refractivity contribution in [2.75, 3.05) is 0 Å². The number of hydrogen-bond acceptors (Lipinski definition) is 2. The summed E-state index contributed by atoms with van der Waals surface area (Å²) in [7, 11) is 0. The second-order valence-corrected chi connectivity index (χ2v) is 17.4. The summed E-state index contributed by atoms with van der Waals surface area (Å²) in [4.78, 5) is 24.4. The van der Waals surface area contributed by atoms with E-state index < -0.39 is 195 Å². The standard InChI is InChI=1S/C32H12BF24.C19H16NO2/c34-25(35,36)13-1-14(26(37,38)39)6-21(5-13)33(22-7-15(27(40,41)42)2-16(8-22)28(43,44)45,23-9-17(29(46,47)48)3-18(10-23)30(49,50)51)24-11-19(31(52,53)54)4-20(12-24)32(55,56)57;1-14(21)17-12-11-15-7-5-6-10-18(15)20(17)13-19(22)16-8-3-2-4-9-16/h1-12H;2-12H,13H2,1H3/q-1;+1. The fraction of sp³-hybridized carbons (Fsp3) is 0.196. The molecule has 0 bridgehead atoms. The second-order valence-electron chi connectivity index (χ2n) is 17.4. The number of Topliss-reactive ketones (excluding diaryl/α,β-unsaturated/α-hetero) is 2. The van der Waals surface area contributed by atoms with Crippen LogP contribution in [0.25, 0.3) is 10.9 Å². The van der Waals surface area contributed by atoms with Crippen LogP contribution in [0.1, 0.15) is 72.3 Å². The average Bonchev–Trinajstić information content (AvgIpc) is 3.38. The van der Waals surface area contributed by atoms with Crippen molar-refractivity contribution in [1.82, 2.24) is 0 Å². The van der Waals surface area contributed by atoms with E-state index in [4.69, 9.17) is 0 Å². The Morgan fingerprint density at radius 2 is 0.620 bits per heavy atom. The maximum Gasteiger partial charge on any atom is 0.416 e. The van der Waals surface area contributed by atoms with Gasteiger partial charge in [-0.3, -0.25) is 9.59 Å². The molecule has 0 amide bonds. The first kappa shape index (κ1) is 60.7. The van der Waals surface area contributed by atoms with Gasteiger partial charge in [-0.15, -0.1) is 0 Å². The predicted molar refractivity (Wildman–Crippen MR) is 235 cm³/mol. The Bertz CT molecular complexity index is 2980.